The molecule has 1 fully saturated rings. The van der Waals surface area contributed by atoms with Crippen LogP contribution >= 0.6 is 0 Å². The average molecular weight is 709 g/mol. The molecule has 12 heteroatoms. The van der Waals surface area contributed by atoms with Crippen LogP contribution in [0.4, 0.5) is 0 Å². The molecule has 0 aromatic heterocycles. The van der Waals surface area contributed by atoms with Gasteiger partial charge in [0.1, 0.15) is 30.3 Å². The van der Waals surface area contributed by atoms with Crippen LogP contribution in [-0.2, 0) is 33.5 Å². The van der Waals surface area contributed by atoms with Crippen LogP contribution in [0.1, 0.15) is 146 Å². The average Bonchev–Trinajstić information content (AvgIpc) is 3.00. The van der Waals surface area contributed by atoms with E-state index in [1.807, 2.05) is 41.5 Å². The molecular formula is C38H68N4O8. The maximum absolute atomic E-state index is 13.6. The van der Waals surface area contributed by atoms with E-state index in [0.717, 1.165) is 25.7 Å². The molecule has 4 amide bonds. The SMILES string of the molecule is CCC(C)CC(C)CCCCCC1CC(=O)NC(CC(C)C)C(=O)NC(CC(C)C)C(=O)NC(CC(C)C)C(=O)NC(CCC(=O)O)C(=O)O1. The number of esters is 1. The van der Waals surface area contributed by atoms with Gasteiger partial charge in [0.2, 0.25) is 23.6 Å². The first kappa shape index (κ1) is 44.8. The number of cyclic esters (lactones) is 1. The summed E-state index contributed by atoms with van der Waals surface area (Å²) in [4.78, 5) is 79.4. The molecule has 7 atom stereocenters. The van der Waals surface area contributed by atoms with E-state index in [1.165, 1.54) is 6.42 Å². The second-order valence-electron chi connectivity index (χ2n) is 15.9. The third-order valence-electron chi connectivity index (χ3n) is 9.21. The Labute approximate surface area is 300 Å². The fourth-order valence-corrected chi connectivity index (χ4v) is 6.36. The minimum atomic E-state index is -1.30. The molecule has 0 aromatic rings. The highest BCUT2D eigenvalue weighted by molar-refractivity contribution is 5.95. The zero-order chi connectivity index (χ0) is 38.0. The van der Waals surface area contributed by atoms with Gasteiger partial charge in [0.05, 0.1) is 6.42 Å². The number of hydrogen-bond donors (Lipinski definition) is 5. The summed E-state index contributed by atoms with van der Waals surface area (Å²) in [5.41, 5.74) is 0. The Balaban J connectivity index is 3.43. The Morgan fingerprint density at radius 3 is 1.62 bits per heavy atom. The van der Waals surface area contributed by atoms with Crippen molar-refractivity contribution in [2.24, 2.45) is 29.6 Å². The van der Waals surface area contributed by atoms with Crippen molar-refractivity contribution in [3.8, 4) is 0 Å². The van der Waals surface area contributed by atoms with Crippen LogP contribution in [0.5, 0.6) is 0 Å². The Kier molecular flexibility index (Phi) is 20.9. The molecule has 288 valence electrons. The van der Waals surface area contributed by atoms with Crippen LogP contribution in [0, 0.1) is 29.6 Å². The molecule has 0 bridgehead atoms. The van der Waals surface area contributed by atoms with Gasteiger partial charge in [0.25, 0.3) is 0 Å². The van der Waals surface area contributed by atoms with Crippen molar-refractivity contribution in [3.05, 3.63) is 0 Å². The molecule has 50 heavy (non-hydrogen) atoms. The lowest BCUT2D eigenvalue weighted by Gasteiger charge is -2.29. The van der Waals surface area contributed by atoms with Crippen molar-refractivity contribution in [3.63, 3.8) is 0 Å². The Hall–Kier alpha value is -3.18. The summed E-state index contributed by atoms with van der Waals surface area (Å²) in [6, 6.07) is -4.26. The number of carbonyl (C=O) groups excluding carboxylic acids is 5. The molecule has 0 saturated carbocycles. The van der Waals surface area contributed by atoms with Gasteiger partial charge in [-0.2, -0.15) is 0 Å². The lowest BCUT2D eigenvalue weighted by molar-refractivity contribution is -0.155. The summed E-state index contributed by atoms with van der Waals surface area (Å²) >= 11 is 0. The van der Waals surface area contributed by atoms with Crippen molar-refractivity contribution in [1.82, 2.24) is 21.3 Å². The zero-order valence-corrected chi connectivity index (χ0v) is 32.3. The minimum Gasteiger partial charge on any atom is -0.481 e. The Morgan fingerprint density at radius 2 is 1.16 bits per heavy atom. The normalized spacial score (nSPS) is 24.3. The number of aliphatic carboxylic acids is 1. The van der Waals surface area contributed by atoms with E-state index < -0.39 is 72.3 Å². The summed E-state index contributed by atoms with van der Waals surface area (Å²) in [7, 11) is 0. The van der Waals surface area contributed by atoms with Gasteiger partial charge < -0.3 is 31.1 Å². The fraction of sp³-hybridized carbons (Fsp3) is 0.842. The van der Waals surface area contributed by atoms with Crippen LogP contribution in [0.15, 0.2) is 0 Å². The van der Waals surface area contributed by atoms with Gasteiger partial charge in [0.15, 0.2) is 0 Å². The van der Waals surface area contributed by atoms with Gasteiger partial charge in [-0.1, -0.05) is 88.0 Å². The maximum Gasteiger partial charge on any atom is 0.328 e. The summed E-state index contributed by atoms with van der Waals surface area (Å²) in [5.74, 6) is -2.86. The van der Waals surface area contributed by atoms with Crippen LogP contribution < -0.4 is 21.3 Å². The zero-order valence-electron chi connectivity index (χ0n) is 32.3. The van der Waals surface area contributed by atoms with Crippen LogP contribution in [-0.4, -0.2) is 70.9 Å². The van der Waals surface area contributed by atoms with Crippen LogP contribution in [0.25, 0.3) is 0 Å². The second-order valence-corrected chi connectivity index (χ2v) is 15.9. The smallest absolute Gasteiger partial charge is 0.328 e. The Morgan fingerprint density at radius 1 is 0.680 bits per heavy atom. The van der Waals surface area contributed by atoms with Gasteiger partial charge in [-0.25, -0.2) is 4.79 Å². The van der Waals surface area contributed by atoms with E-state index >= 15 is 0 Å². The minimum absolute atomic E-state index is 0.0196. The summed E-state index contributed by atoms with van der Waals surface area (Å²) < 4.78 is 5.86. The van der Waals surface area contributed by atoms with E-state index in [2.05, 4.69) is 42.0 Å². The van der Waals surface area contributed by atoms with E-state index in [1.54, 1.807) is 0 Å². The molecular weight excluding hydrogens is 640 g/mol. The monoisotopic (exact) mass is 709 g/mol. The largest absolute Gasteiger partial charge is 0.481 e. The van der Waals surface area contributed by atoms with E-state index in [9.17, 15) is 33.9 Å². The summed E-state index contributed by atoms with van der Waals surface area (Å²) in [6.45, 7) is 18.2. The van der Waals surface area contributed by atoms with Gasteiger partial charge in [-0.15, -0.1) is 0 Å². The molecule has 7 unspecified atom stereocenters. The lowest BCUT2D eigenvalue weighted by atomic mass is 9.91. The van der Waals surface area contributed by atoms with Crippen molar-refractivity contribution in [2.45, 2.75) is 176 Å². The number of carboxylic acids is 1. The topological polar surface area (TPSA) is 180 Å². The third kappa shape index (κ3) is 18.7. The third-order valence-corrected chi connectivity index (χ3v) is 9.21. The molecule has 5 N–H and O–H groups in total. The standard InChI is InChI=1S/C38H68N4O8/c1-10-26(8)21-27(9)14-12-11-13-15-28-22-33(43)39-30(18-23(2)3)35(46)41-32(20-25(6)7)37(48)42-31(19-24(4)5)36(47)40-29(38(49)50-28)16-17-34(44)45/h23-32H,10-22H2,1-9H3,(H,39,43)(H,40,47)(H,41,46)(H,42,48)(H,44,45). The first-order valence-electron chi connectivity index (χ1n) is 19.0. The molecule has 1 aliphatic heterocycles. The lowest BCUT2D eigenvalue weighted by Crippen LogP contribution is -2.58. The van der Waals surface area contributed by atoms with E-state index in [-0.39, 0.29) is 37.0 Å². The van der Waals surface area contributed by atoms with E-state index in [0.29, 0.717) is 37.5 Å². The predicted octanol–water partition coefficient (Wildman–Crippen LogP) is 5.27. The predicted molar refractivity (Wildman–Crippen MR) is 194 cm³/mol. The molecule has 1 heterocycles. The molecule has 12 nitrogen and oxygen atoms in total. The van der Waals surface area contributed by atoms with Crippen LogP contribution in [0.3, 0.4) is 0 Å². The van der Waals surface area contributed by atoms with Crippen molar-refractivity contribution in [1.29, 1.82) is 0 Å². The fourth-order valence-electron chi connectivity index (χ4n) is 6.36. The van der Waals surface area contributed by atoms with Crippen molar-refractivity contribution >= 4 is 35.6 Å². The van der Waals surface area contributed by atoms with Gasteiger partial charge in [-0.05, 0) is 74.5 Å². The number of carboxylic acid groups (broad SMARTS) is 1. The molecule has 1 saturated heterocycles. The van der Waals surface area contributed by atoms with Gasteiger partial charge in [0, 0.05) is 6.42 Å². The van der Waals surface area contributed by atoms with Crippen molar-refractivity contribution < 1.29 is 38.6 Å². The van der Waals surface area contributed by atoms with Gasteiger partial charge >= 0.3 is 11.9 Å². The maximum atomic E-state index is 13.6. The molecule has 0 aliphatic carbocycles. The number of unbranched alkanes of at least 4 members (excludes halogenated alkanes) is 2. The molecule has 0 radical (unpaired) electrons. The quantitative estimate of drug-likeness (QED) is 0.0944. The highest BCUT2D eigenvalue weighted by Crippen LogP contribution is 2.22. The number of nitrogens with one attached hydrogen (secondary N) is 4. The molecule has 0 spiro atoms. The first-order chi connectivity index (χ1) is 23.4. The van der Waals surface area contributed by atoms with E-state index in [4.69, 9.17) is 4.74 Å². The molecule has 0 aromatic carbocycles. The van der Waals surface area contributed by atoms with Crippen molar-refractivity contribution in [2.75, 3.05) is 0 Å². The Bertz CT molecular complexity index is 1090. The highest BCUT2D eigenvalue weighted by Gasteiger charge is 2.34. The number of amides is 4. The number of carbonyl (C=O) groups is 6. The van der Waals surface area contributed by atoms with Gasteiger partial charge in [-0.3, -0.25) is 24.0 Å². The van der Waals surface area contributed by atoms with Crippen LogP contribution in [0.2, 0.25) is 0 Å². The molecule has 1 rings (SSSR count). The number of hydrogen-bond acceptors (Lipinski definition) is 7. The molecule has 1 aliphatic rings. The summed E-state index contributed by atoms with van der Waals surface area (Å²) in [6.07, 6.45) is 5.55. The number of ether oxygens (including phenoxy) is 1. The second kappa shape index (κ2) is 23.3. The number of rotatable bonds is 18. The summed E-state index contributed by atoms with van der Waals surface area (Å²) in [5, 5.41) is 20.4. The first-order valence-corrected chi connectivity index (χ1v) is 19.0. The highest BCUT2D eigenvalue weighted by atomic mass is 16.5.